The molecule has 0 N–H and O–H groups in total. The fourth-order valence-electron chi connectivity index (χ4n) is 7.39. The van der Waals surface area contributed by atoms with Gasteiger partial charge in [-0.2, -0.15) is 0 Å². The predicted octanol–water partition coefficient (Wildman–Crippen LogP) is 11.8. The zero-order valence-electron chi connectivity index (χ0n) is 25.7. The van der Waals surface area contributed by atoms with Crippen LogP contribution in [0.5, 0.6) is 0 Å². The van der Waals surface area contributed by atoms with Crippen LogP contribution in [0.2, 0.25) is 0 Å². The Morgan fingerprint density at radius 3 is 1.75 bits per heavy atom. The number of hydrogen-bond donors (Lipinski definition) is 0. The lowest BCUT2D eigenvalue weighted by Gasteiger charge is -2.23. The fourth-order valence-corrected chi connectivity index (χ4v) is 7.39. The third kappa shape index (κ3) is 4.03. The maximum absolute atomic E-state index is 4.64. The molecule has 1 aliphatic carbocycles. The van der Waals surface area contributed by atoms with E-state index in [4.69, 9.17) is 0 Å². The topological polar surface area (TPSA) is 12.9 Å². The van der Waals surface area contributed by atoms with E-state index in [-0.39, 0.29) is 5.41 Å². The summed E-state index contributed by atoms with van der Waals surface area (Å²) in [5.74, 6) is 0.532. The molecule has 212 valence electrons. The molecule has 6 aromatic carbocycles. The molecule has 1 nitrogen and oxygen atoms in total. The first-order valence-electron chi connectivity index (χ1n) is 15.7. The summed E-state index contributed by atoms with van der Waals surface area (Å²) < 4.78 is 0. The van der Waals surface area contributed by atoms with Crippen LogP contribution in [-0.4, -0.2) is 4.98 Å². The molecule has 1 aliphatic rings. The van der Waals surface area contributed by atoms with Gasteiger partial charge in [-0.15, -0.1) is 0 Å². The molecule has 0 saturated heterocycles. The van der Waals surface area contributed by atoms with Gasteiger partial charge >= 0.3 is 0 Å². The average Bonchev–Trinajstić information content (AvgIpc) is 3.29. The summed E-state index contributed by atoms with van der Waals surface area (Å²) in [5.41, 5.74) is 14.3. The summed E-state index contributed by atoms with van der Waals surface area (Å²) >= 11 is 0. The van der Waals surface area contributed by atoms with Crippen molar-refractivity contribution in [1.82, 2.24) is 4.98 Å². The van der Waals surface area contributed by atoms with Crippen molar-refractivity contribution in [3.05, 3.63) is 150 Å². The lowest BCUT2D eigenvalue weighted by Crippen LogP contribution is -2.14. The van der Waals surface area contributed by atoms with Crippen molar-refractivity contribution in [3.8, 4) is 44.5 Å². The van der Waals surface area contributed by atoms with Gasteiger partial charge in [-0.1, -0.05) is 137 Å². The molecule has 0 spiro atoms. The maximum atomic E-state index is 4.64. The largest absolute Gasteiger partial charge is 0.264 e. The Kier molecular flexibility index (Phi) is 6.06. The first-order chi connectivity index (χ1) is 21.4. The quantitative estimate of drug-likeness (QED) is 0.193. The monoisotopic (exact) mass is 565 g/mol. The van der Waals surface area contributed by atoms with Crippen molar-refractivity contribution in [1.29, 1.82) is 0 Å². The van der Waals surface area contributed by atoms with Crippen molar-refractivity contribution < 1.29 is 0 Å². The molecule has 0 fully saturated rings. The number of fused-ring (bicyclic) bond motifs is 5. The Bertz CT molecular complexity index is 2140. The van der Waals surface area contributed by atoms with E-state index >= 15 is 0 Å². The molecule has 44 heavy (non-hydrogen) atoms. The smallest absolute Gasteiger partial charge is 0.0353 e. The summed E-state index contributed by atoms with van der Waals surface area (Å²) in [6.07, 6.45) is 3.98. The second-order valence-electron chi connectivity index (χ2n) is 13.0. The van der Waals surface area contributed by atoms with E-state index in [1.165, 1.54) is 82.7 Å². The first kappa shape index (κ1) is 26.6. The Hall–Kier alpha value is -5.01. The van der Waals surface area contributed by atoms with Crippen LogP contribution in [0.3, 0.4) is 0 Å². The van der Waals surface area contributed by atoms with Gasteiger partial charge in [-0.05, 0) is 95.4 Å². The molecule has 0 amide bonds. The number of nitrogens with zero attached hydrogens (tertiary/aromatic N) is 1. The molecule has 1 heterocycles. The van der Waals surface area contributed by atoms with Gasteiger partial charge in [0, 0.05) is 23.2 Å². The van der Waals surface area contributed by atoms with E-state index in [9.17, 15) is 0 Å². The van der Waals surface area contributed by atoms with Crippen LogP contribution in [0.1, 0.15) is 50.3 Å². The van der Waals surface area contributed by atoms with Crippen LogP contribution in [-0.2, 0) is 5.41 Å². The molecule has 7 aromatic rings. The lowest BCUT2D eigenvalue weighted by molar-refractivity contribution is 0.660. The normalized spacial score (nSPS) is 13.4. The Labute approximate surface area is 259 Å². The molecule has 0 radical (unpaired) electrons. The number of benzene rings is 6. The van der Waals surface area contributed by atoms with Crippen molar-refractivity contribution in [2.75, 3.05) is 0 Å². The second-order valence-corrected chi connectivity index (χ2v) is 13.0. The van der Waals surface area contributed by atoms with Gasteiger partial charge < -0.3 is 0 Å². The van der Waals surface area contributed by atoms with E-state index < -0.39 is 0 Å². The van der Waals surface area contributed by atoms with Gasteiger partial charge in [0.2, 0.25) is 0 Å². The van der Waals surface area contributed by atoms with E-state index in [1.807, 2.05) is 12.4 Å². The molecular weight excluding hydrogens is 530 g/mol. The zero-order valence-corrected chi connectivity index (χ0v) is 25.7. The molecule has 0 unspecified atom stereocenters. The highest BCUT2D eigenvalue weighted by molar-refractivity contribution is 6.21. The van der Waals surface area contributed by atoms with Gasteiger partial charge in [0.05, 0.1) is 0 Å². The predicted molar refractivity (Wildman–Crippen MR) is 187 cm³/mol. The van der Waals surface area contributed by atoms with E-state index in [0.717, 1.165) is 0 Å². The maximum Gasteiger partial charge on any atom is 0.0353 e. The van der Waals surface area contributed by atoms with Gasteiger partial charge in [0.15, 0.2) is 0 Å². The van der Waals surface area contributed by atoms with E-state index in [0.29, 0.717) is 5.92 Å². The fraction of sp³-hybridized carbons (Fsp3) is 0.140. The number of hydrogen-bond acceptors (Lipinski definition) is 1. The summed E-state index contributed by atoms with van der Waals surface area (Å²) in [4.78, 5) is 4.64. The van der Waals surface area contributed by atoms with Crippen LogP contribution in [0.15, 0.2) is 134 Å². The minimum absolute atomic E-state index is 0.0497. The zero-order chi connectivity index (χ0) is 30.0. The molecule has 8 rings (SSSR count). The average molecular weight is 566 g/mol. The third-order valence-corrected chi connectivity index (χ3v) is 9.78. The van der Waals surface area contributed by atoms with Crippen molar-refractivity contribution >= 4 is 21.5 Å². The number of aromatic nitrogens is 1. The molecule has 0 atom stereocenters. The SMILES string of the molecule is CC(C)c1ccc(-c2ccc(-c3c4ccccc4c(-c4ccc5c(c4)C(C)(C)c4ccccc4-5)c4ccncc34)cc2)cc1. The summed E-state index contributed by atoms with van der Waals surface area (Å²) in [6.45, 7) is 9.19. The summed E-state index contributed by atoms with van der Waals surface area (Å²) in [5, 5.41) is 4.93. The minimum Gasteiger partial charge on any atom is -0.264 e. The summed E-state index contributed by atoms with van der Waals surface area (Å²) in [7, 11) is 0. The Morgan fingerprint density at radius 1 is 0.500 bits per heavy atom. The lowest BCUT2D eigenvalue weighted by atomic mass is 9.80. The van der Waals surface area contributed by atoms with Crippen molar-refractivity contribution in [3.63, 3.8) is 0 Å². The molecule has 0 bridgehead atoms. The summed E-state index contributed by atoms with van der Waals surface area (Å²) in [6, 6.07) is 45.1. The molecule has 1 heteroatoms. The molecule has 1 aromatic heterocycles. The first-order valence-corrected chi connectivity index (χ1v) is 15.7. The van der Waals surface area contributed by atoms with Crippen molar-refractivity contribution in [2.24, 2.45) is 0 Å². The van der Waals surface area contributed by atoms with Crippen LogP contribution < -0.4 is 0 Å². The van der Waals surface area contributed by atoms with Gasteiger partial charge in [-0.25, -0.2) is 0 Å². The van der Waals surface area contributed by atoms with E-state index in [1.54, 1.807) is 0 Å². The highest BCUT2D eigenvalue weighted by Gasteiger charge is 2.35. The van der Waals surface area contributed by atoms with Crippen LogP contribution >= 0.6 is 0 Å². The number of rotatable bonds is 4. The van der Waals surface area contributed by atoms with Crippen LogP contribution in [0.25, 0.3) is 66.1 Å². The Morgan fingerprint density at radius 2 is 1.05 bits per heavy atom. The third-order valence-electron chi connectivity index (χ3n) is 9.78. The van der Waals surface area contributed by atoms with Crippen molar-refractivity contribution in [2.45, 2.75) is 39.0 Å². The highest BCUT2D eigenvalue weighted by Crippen LogP contribution is 2.51. The molecule has 0 saturated carbocycles. The second kappa shape index (κ2) is 10.0. The standard InChI is InChI=1S/C43H35N/c1-27(2)28-13-15-29(16-14-28)30-17-19-31(20-18-30)41-35-10-5-6-11-36(35)42(37-23-24-44-26-38(37)41)32-21-22-34-33-9-7-8-12-39(33)43(3,4)40(34)25-32/h5-27H,1-4H3. The number of pyridine rings is 1. The van der Waals surface area contributed by atoms with Gasteiger partial charge in [0.1, 0.15) is 0 Å². The van der Waals surface area contributed by atoms with E-state index in [2.05, 4.69) is 154 Å². The van der Waals surface area contributed by atoms with Gasteiger partial charge in [0.25, 0.3) is 0 Å². The van der Waals surface area contributed by atoms with Crippen LogP contribution in [0.4, 0.5) is 0 Å². The van der Waals surface area contributed by atoms with Gasteiger partial charge in [-0.3, -0.25) is 4.98 Å². The minimum atomic E-state index is -0.0497. The molecule has 0 aliphatic heterocycles. The van der Waals surface area contributed by atoms with Crippen LogP contribution in [0, 0.1) is 0 Å². The molecular formula is C43H35N. The Balaban J connectivity index is 1.31. The highest BCUT2D eigenvalue weighted by atomic mass is 14.6.